The second kappa shape index (κ2) is 8.36. The monoisotopic (exact) mass is 508 g/mol. The zero-order valence-corrected chi connectivity index (χ0v) is 19.0. The highest BCUT2D eigenvalue weighted by Crippen LogP contribution is 2.35. The number of alkyl halides is 3. The molecule has 0 spiro atoms. The molecule has 0 bridgehead atoms. The average Bonchev–Trinajstić information content (AvgIpc) is 3.55. The SMILES string of the molecule is O=C(c1c[nH]c(S(=O)(=O)C2CC2)n1)N1CCc2c(cccc2Nc2ccc(C(F)(F)F)c(F)c2)C1. The predicted molar refractivity (Wildman–Crippen MR) is 118 cm³/mol. The molecule has 1 fully saturated rings. The van der Waals surface area contributed by atoms with E-state index in [1.165, 1.54) is 6.20 Å². The van der Waals surface area contributed by atoms with E-state index in [0.29, 0.717) is 37.6 Å². The van der Waals surface area contributed by atoms with E-state index in [-0.39, 0.29) is 23.1 Å². The summed E-state index contributed by atoms with van der Waals surface area (Å²) < 4.78 is 77.1. The molecular formula is C23H20F4N4O3S. The summed E-state index contributed by atoms with van der Waals surface area (Å²) in [5, 5.41) is 2.33. The number of aromatic nitrogens is 2. The second-order valence-electron chi connectivity index (χ2n) is 8.57. The number of carbonyl (C=O) groups is 1. The third kappa shape index (κ3) is 4.49. The summed E-state index contributed by atoms with van der Waals surface area (Å²) in [5.41, 5.74) is 1.12. The van der Waals surface area contributed by atoms with Crippen molar-refractivity contribution in [2.24, 2.45) is 0 Å². The molecule has 2 N–H and O–H groups in total. The highest BCUT2D eigenvalue weighted by molar-refractivity contribution is 7.92. The topological polar surface area (TPSA) is 95.2 Å². The largest absolute Gasteiger partial charge is 0.419 e. The first kappa shape index (κ1) is 23.3. The molecule has 3 aromatic rings. The Morgan fingerprint density at radius 1 is 1.17 bits per heavy atom. The average molecular weight is 508 g/mol. The van der Waals surface area contributed by atoms with Crippen LogP contribution in [0.15, 0.2) is 47.8 Å². The molecular weight excluding hydrogens is 488 g/mol. The van der Waals surface area contributed by atoms with Crippen LogP contribution in [0.2, 0.25) is 0 Å². The van der Waals surface area contributed by atoms with Gasteiger partial charge >= 0.3 is 6.18 Å². The summed E-state index contributed by atoms with van der Waals surface area (Å²) >= 11 is 0. The molecule has 1 aliphatic carbocycles. The van der Waals surface area contributed by atoms with Gasteiger partial charge in [-0.2, -0.15) is 13.2 Å². The van der Waals surface area contributed by atoms with Crippen LogP contribution in [-0.4, -0.2) is 41.0 Å². The molecule has 1 aromatic heterocycles. The Bertz CT molecular complexity index is 1410. The maximum atomic E-state index is 14.0. The van der Waals surface area contributed by atoms with E-state index >= 15 is 0 Å². The van der Waals surface area contributed by atoms with E-state index in [1.54, 1.807) is 17.0 Å². The highest BCUT2D eigenvalue weighted by atomic mass is 32.2. The fraction of sp³-hybridized carbons (Fsp3) is 0.304. The first-order valence-electron chi connectivity index (χ1n) is 10.9. The molecule has 2 aliphatic rings. The van der Waals surface area contributed by atoms with Gasteiger partial charge in [0.25, 0.3) is 5.91 Å². The molecule has 7 nitrogen and oxygen atoms in total. The number of rotatable bonds is 5. The molecule has 184 valence electrons. The normalized spacial score (nSPS) is 16.2. The van der Waals surface area contributed by atoms with Crippen molar-refractivity contribution in [2.45, 2.75) is 42.4 Å². The summed E-state index contributed by atoms with van der Waals surface area (Å²) in [6.45, 7) is 0.562. The first-order valence-corrected chi connectivity index (χ1v) is 12.4. The van der Waals surface area contributed by atoms with Gasteiger partial charge in [-0.1, -0.05) is 12.1 Å². The van der Waals surface area contributed by atoms with Crippen LogP contribution in [-0.2, 0) is 29.0 Å². The molecule has 0 atom stereocenters. The Labute approximate surface area is 198 Å². The molecule has 1 amide bonds. The van der Waals surface area contributed by atoms with Gasteiger partial charge in [-0.05, 0) is 54.7 Å². The molecule has 1 aliphatic heterocycles. The van der Waals surface area contributed by atoms with E-state index < -0.39 is 38.6 Å². The van der Waals surface area contributed by atoms with Crippen LogP contribution in [0.25, 0.3) is 0 Å². The van der Waals surface area contributed by atoms with Crippen LogP contribution in [0.3, 0.4) is 0 Å². The van der Waals surface area contributed by atoms with Gasteiger partial charge in [-0.15, -0.1) is 0 Å². The lowest BCUT2D eigenvalue weighted by Gasteiger charge is -2.30. The first-order chi connectivity index (χ1) is 16.5. The number of imidazole rings is 1. The summed E-state index contributed by atoms with van der Waals surface area (Å²) in [6, 6.07) is 7.93. The summed E-state index contributed by atoms with van der Waals surface area (Å²) in [5.74, 6) is -1.78. The molecule has 12 heteroatoms. The van der Waals surface area contributed by atoms with E-state index in [0.717, 1.165) is 23.3 Å². The van der Waals surface area contributed by atoms with Crippen molar-refractivity contribution in [3.05, 3.63) is 70.8 Å². The van der Waals surface area contributed by atoms with Crippen LogP contribution in [0, 0.1) is 5.82 Å². The maximum Gasteiger partial charge on any atom is 0.419 e. The number of benzene rings is 2. The number of nitrogens with one attached hydrogen (secondary N) is 2. The van der Waals surface area contributed by atoms with Crippen molar-refractivity contribution < 1.29 is 30.8 Å². The minimum atomic E-state index is -4.78. The number of fused-ring (bicyclic) bond motifs is 1. The Hall–Kier alpha value is -3.41. The quantitative estimate of drug-likeness (QED) is 0.497. The van der Waals surface area contributed by atoms with E-state index in [2.05, 4.69) is 15.3 Å². The van der Waals surface area contributed by atoms with E-state index in [9.17, 15) is 30.8 Å². The number of amides is 1. The molecule has 0 saturated heterocycles. The van der Waals surface area contributed by atoms with Crippen molar-refractivity contribution in [1.82, 2.24) is 14.9 Å². The van der Waals surface area contributed by atoms with Gasteiger partial charge in [0.05, 0.1) is 10.8 Å². The molecule has 2 heterocycles. The fourth-order valence-corrected chi connectivity index (χ4v) is 5.66. The molecule has 5 rings (SSSR count). The van der Waals surface area contributed by atoms with E-state index in [4.69, 9.17) is 0 Å². The van der Waals surface area contributed by atoms with Gasteiger partial charge in [0.2, 0.25) is 15.0 Å². The van der Waals surface area contributed by atoms with Crippen molar-refractivity contribution in [2.75, 3.05) is 11.9 Å². The fourth-order valence-electron chi connectivity index (χ4n) is 4.14. The van der Waals surface area contributed by atoms with Gasteiger partial charge < -0.3 is 15.2 Å². The van der Waals surface area contributed by atoms with Crippen LogP contribution in [0.1, 0.15) is 40.0 Å². The number of hydrogen-bond acceptors (Lipinski definition) is 5. The lowest BCUT2D eigenvalue weighted by Crippen LogP contribution is -2.36. The highest BCUT2D eigenvalue weighted by Gasteiger charge is 2.39. The number of anilines is 2. The number of sulfone groups is 1. The van der Waals surface area contributed by atoms with Gasteiger partial charge in [-0.3, -0.25) is 4.79 Å². The number of carbonyl (C=O) groups excluding carboxylic acids is 1. The molecule has 0 radical (unpaired) electrons. The number of halogens is 4. The maximum absolute atomic E-state index is 14.0. The summed E-state index contributed by atoms with van der Waals surface area (Å²) in [4.78, 5) is 21.1. The smallest absolute Gasteiger partial charge is 0.355 e. The van der Waals surface area contributed by atoms with Gasteiger partial charge in [0, 0.05) is 30.7 Å². The second-order valence-corrected chi connectivity index (χ2v) is 10.7. The summed E-state index contributed by atoms with van der Waals surface area (Å²) in [7, 11) is -3.54. The van der Waals surface area contributed by atoms with Crippen molar-refractivity contribution in [3.8, 4) is 0 Å². The minimum absolute atomic E-state index is 0.0159. The van der Waals surface area contributed by atoms with E-state index in [1.807, 2.05) is 6.07 Å². The Balaban J connectivity index is 1.33. The van der Waals surface area contributed by atoms with Gasteiger partial charge in [0.15, 0.2) is 0 Å². The molecule has 2 aromatic carbocycles. The lowest BCUT2D eigenvalue weighted by atomic mass is 9.97. The number of aromatic amines is 1. The lowest BCUT2D eigenvalue weighted by molar-refractivity contribution is -0.139. The van der Waals surface area contributed by atoms with Crippen LogP contribution in [0.4, 0.5) is 28.9 Å². The van der Waals surface area contributed by atoms with Gasteiger partial charge in [0.1, 0.15) is 11.5 Å². The number of hydrogen-bond donors (Lipinski definition) is 2. The van der Waals surface area contributed by atoms with Crippen LogP contribution < -0.4 is 5.32 Å². The zero-order chi connectivity index (χ0) is 25.0. The Morgan fingerprint density at radius 2 is 1.94 bits per heavy atom. The minimum Gasteiger partial charge on any atom is -0.355 e. The third-order valence-corrected chi connectivity index (χ3v) is 8.21. The Kier molecular flexibility index (Phi) is 5.58. The van der Waals surface area contributed by atoms with Crippen molar-refractivity contribution in [1.29, 1.82) is 0 Å². The number of H-pyrrole nitrogens is 1. The van der Waals surface area contributed by atoms with Crippen LogP contribution in [0.5, 0.6) is 0 Å². The molecule has 35 heavy (non-hydrogen) atoms. The third-order valence-electron chi connectivity index (χ3n) is 6.11. The van der Waals surface area contributed by atoms with Crippen molar-refractivity contribution in [3.63, 3.8) is 0 Å². The standard InChI is InChI=1S/C23H20F4N4O3S/c24-18-10-14(4-7-17(18)23(25,26)27)29-19-3-1-2-13-12-31(9-8-16(13)19)21(32)20-11-28-22(30-20)35(33,34)15-5-6-15/h1-4,7,10-11,15,29H,5-6,8-9,12H2,(H,28,30). The van der Waals surface area contributed by atoms with Crippen LogP contribution >= 0.6 is 0 Å². The van der Waals surface area contributed by atoms with Gasteiger partial charge in [-0.25, -0.2) is 17.8 Å². The van der Waals surface area contributed by atoms with Crippen molar-refractivity contribution >= 4 is 27.1 Å². The number of nitrogens with zero attached hydrogens (tertiary/aromatic N) is 2. The Morgan fingerprint density at radius 3 is 2.63 bits per heavy atom. The molecule has 1 saturated carbocycles. The summed E-state index contributed by atoms with van der Waals surface area (Å²) in [6.07, 6.45) is -1.87. The molecule has 0 unspecified atom stereocenters. The zero-order valence-electron chi connectivity index (χ0n) is 18.2. The predicted octanol–water partition coefficient (Wildman–Crippen LogP) is 4.45.